The quantitative estimate of drug-likeness (QED) is 0.365. The van der Waals surface area contributed by atoms with Gasteiger partial charge < -0.3 is 11.1 Å². The van der Waals surface area contributed by atoms with Crippen molar-refractivity contribution in [2.24, 2.45) is 10.7 Å². The highest BCUT2D eigenvalue weighted by atomic mass is 32.2. The van der Waals surface area contributed by atoms with Gasteiger partial charge >= 0.3 is 6.03 Å². The standard InChI is InChI=1S/C34H39N5O4S/c1-5-8-25-9-6-10-26(21-25)27-11-7-12-28(22-27)31-36-32(40)34(37-31)14-16-39(17-15-34)44(42,43)18-13-30-23(2)19-29(20-24(30)3)38(4)33(35)41/h6-7,9-13,18-22H,5,8,14-17H2,1-4H3,(H2,35,41)(H,36,37,40)/b18-13+. The summed E-state index contributed by atoms with van der Waals surface area (Å²) in [5.74, 6) is 0.330. The Bertz CT molecular complexity index is 1750. The van der Waals surface area contributed by atoms with E-state index in [0.717, 1.165) is 46.2 Å². The molecule has 0 aliphatic carbocycles. The van der Waals surface area contributed by atoms with Gasteiger partial charge in [0.1, 0.15) is 11.4 Å². The van der Waals surface area contributed by atoms with Gasteiger partial charge in [-0.05, 0) is 90.8 Å². The number of aliphatic imine (C=N–C) groups is 1. The summed E-state index contributed by atoms with van der Waals surface area (Å²) in [4.78, 5) is 31.0. The van der Waals surface area contributed by atoms with Crippen LogP contribution in [0.15, 0.2) is 71.1 Å². The van der Waals surface area contributed by atoms with Crippen LogP contribution in [0.25, 0.3) is 17.2 Å². The topological polar surface area (TPSA) is 125 Å². The van der Waals surface area contributed by atoms with Crippen molar-refractivity contribution in [1.82, 2.24) is 9.62 Å². The minimum Gasteiger partial charge on any atom is -0.351 e. The van der Waals surface area contributed by atoms with Crippen LogP contribution in [0.3, 0.4) is 0 Å². The first-order chi connectivity index (χ1) is 20.9. The van der Waals surface area contributed by atoms with Crippen molar-refractivity contribution in [1.29, 1.82) is 0 Å². The van der Waals surface area contributed by atoms with Gasteiger partial charge in [-0.3, -0.25) is 14.7 Å². The number of urea groups is 1. The molecular formula is C34H39N5O4S. The molecule has 5 rings (SSSR count). The number of sulfonamides is 1. The van der Waals surface area contributed by atoms with Crippen LogP contribution in [0, 0.1) is 13.8 Å². The van der Waals surface area contributed by atoms with E-state index in [0.29, 0.717) is 24.4 Å². The number of amides is 3. The first kappa shape index (κ1) is 31.2. The van der Waals surface area contributed by atoms with Crippen LogP contribution >= 0.6 is 0 Å². The lowest BCUT2D eigenvalue weighted by atomic mass is 9.89. The Labute approximate surface area is 259 Å². The fraction of sp³-hybridized carbons (Fsp3) is 0.324. The van der Waals surface area contributed by atoms with Crippen LogP contribution in [0.2, 0.25) is 0 Å². The Morgan fingerprint density at radius 1 is 1.02 bits per heavy atom. The maximum Gasteiger partial charge on any atom is 0.318 e. The summed E-state index contributed by atoms with van der Waals surface area (Å²) in [6, 6.07) is 19.5. The summed E-state index contributed by atoms with van der Waals surface area (Å²) in [7, 11) is -2.16. The van der Waals surface area contributed by atoms with Crippen LogP contribution in [0.4, 0.5) is 10.5 Å². The van der Waals surface area contributed by atoms with Crippen molar-refractivity contribution in [2.45, 2.75) is 52.0 Å². The van der Waals surface area contributed by atoms with Gasteiger partial charge in [-0.15, -0.1) is 0 Å². The molecule has 44 heavy (non-hydrogen) atoms. The van der Waals surface area contributed by atoms with Crippen molar-refractivity contribution in [3.63, 3.8) is 0 Å². The number of hydrogen-bond donors (Lipinski definition) is 2. The van der Waals surface area contributed by atoms with Gasteiger partial charge in [-0.2, -0.15) is 4.31 Å². The summed E-state index contributed by atoms with van der Waals surface area (Å²) < 4.78 is 28.0. The van der Waals surface area contributed by atoms with E-state index in [9.17, 15) is 18.0 Å². The number of rotatable bonds is 8. The van der Waals surface area contributed by atoms with Gasteiger partial charge in [0.2, 0.25) is 10.0 Å². The lowest BCUT2D eigenvalue weighted by Crippen LogP contribution is -2.50. The number of hydrogen-bond acceptors (Lipinski definition) is 5. The number of nitrogens with one attached hydrogen (secondary N) is 1. The second kappa shape index (κ2) is 12.4. The van der Waals surface area contributed by atoms with Crippen LogP contribution < -0.4 is 16.0 Å². The first-order valence-corrected chi connectivity index (χ1v) is 16.4. The van der Waals surface area contributed by atoms with Crippen LogP contribution in [0.5, 0.6) is 0 Å². The molecule has 0 unspecified atom stereocenters. The third kappa shape index (κ3) is 6.32. The zero-order chi connectivity index (χ0) is 31.6. The molecule has 230 valence electrons. The Hall–Kier alpha value is -4.28. The number of anilines is 1. The number of carbonyl (C=O) groups is 2. The number of amidine groups is 1. The Kier molecular flexibility index (Phi) is 8.76. The van der Waals surface area contributed by atoms with Gasteiger partial charge in [0.15, 0.2) is 0 Å². The summed E-state index contributed by atoms with van der Waals surface area (Å²) in [5, 5.41) is 4.18. The van der Waals surface area contributed by atoms with E-state index < -0.39 is 21.6 Å². The summed E-state index contributed by atoms with van der Waals surface area (Å²) in [6.45, 7) is 6.24. The number of primary amides is 1. The van der Waals surface area contributed by atoms with Crippen LogP contribution in [-0.4, -0.2) is 56.2 Å². The lowest BCUT2D eigenvalue weighted by Gasteiger charge is -2.34. The van der Waals surface area contributed by atoms with E-state index in [1.165, 1.54) is 20.2 Å². The molecule has 0 atom stereocenters. The molecule has 3 amide bonds. The highest BCUT2D eigenvalue weighted by Crippen LogP contribution is 2.33. The van der Waals surface area contributed by atoms with E-state index >= 15 is 0 Å². The summed E-state index contributed by atoms with van der Waals surface area (Å²) in [5.41, 5.74) is 11.7. The maximum atomic E-state index is 13.3. The predicted octanol–water partition coefficient (Wildman–Crippen LogP) is 5.15. The molecule has 1 saturated heterocycles. The van der Waals surface area contributed by atoms with Crippen LogP contribution in [0.1, 0.15) is 54.0 Å². The molecule has 1 fully saturated rings. The molecule has 3 aromatic carbocycles. The fourth-order valence-electron chi connectivity index (χ4n) is 5.92. The van der Waals surface area contributed by atoms with E-state index in [4.69, 9.17) is 10.7 Å². The second-order valence-electron chi connectivity index (χ2n) is 11.6. The maximum absolute atomic E-state index is 13.3. The van der Waals surface area contributed by atoms with Crippen molar-refractivity contribution >= 4 is 39.6 Å². The largest absolute Gasteiger partial charge is 0.351 e. The number of piperidine rings is 1. The summed E-state index contributed by atoms with van der Waals surface area (Å²) in [6.07, 6.45) is 4.26. The number of nitrogens with two attached hydrogens (primary N) is 1. The van der Waals surface area contributed by atoms with Crippen molar-refractivity contribution in [3.05, 3.63) is 93.9 Å². The molecule has 2 aliphatic rings. The van der Waals surface area contributed by atoms with E-state index in [-0.39, 0.29) is 19.0 Å². The van der Waals surface area contributed by atoms with E-state index in [1.807, 2.05) is 32.0 Å². The zero-order valence-corrected chi connectivity index (χ0v) is 26.4. The number of aryl methyl sites for hydroxylation is 3. The van der Waals surface area contributed by atoms with Gasteiger partial charge in [0, 0.05) is 36.8 Å². The molecule has 3 N–H and O–H groups in total. The van der Waals surface area contributed by atoms with Crippen molar-refractivity contribution < 1.29 is 18.0 Å². The molecule has 0 saturated carbocycles. The highest BCUT2D eigenvalue weighted by Gasteiger charge is 2.47. The molecule has 0 aromatic heterocycles. The predicted molar refractivity (Wildman–Crippen MR) is 176 cm³/mol. The monoisotopic (exact) mass is 613 g/mol. The van der Waals surface area contributed by atoms with Gasteiger partial charge in [0.05, 0.1) is 0 Å². The van der Waals surface area contributed by atoms with Crippen LogP contribution in [-0.2, 0) is 21.2 Å². The SMILES string of the molecule is CCCc1cccc(-c2cccc(C3=NC4(CCN(S(=O)(=O)/C=C/c5c(C)cc(N(C)C(N)=O)cc5C)CC4)C(=O)N3)c2)c1. The molecule has 2 aliphatic heterocycles. The lowest BCUT2D eigenvalue weighted by molar-refractivity contribution is -0.124. The molecule has 9 nitrogen and oxygen atoms in total. The molecule has 3 aromatic rings. The Balaban J connectivity index is 1.30. The van der Waals surface area contributed by atoms with Gasteiger partial charge in [-0.1, -0.05) is 55.8 Å². The molecular weight excluding hydrogens is 574 g/mol. The fourth-order valence-corrected chi connectivity index (χ4v) is 7.09. The van der Waals surface area contributed by atoms with Gasteiger partial charge in [0.25, 0.3) is 5.91 Å². The van der Waals surface area contributed by atoms with E-state index in [1.54, 1.807) is 25.3 Å². The Morgan fingerprint density at radius 2 is 1.64 bits per heavy atom. The minimum absolute atomic E-state index is 0.182. The smallest absolute Gasteiger partial charge is 0.318 e. The molecule has 1 spiro atoms. The highest BCUT2D eigenvalue weighted by molar-refractivity contribution is 7.92. The summed E-state index contributed by atoms with van der Waals surface area (Å²) >= 11 is 0. The average Bonchev–Trinajstić information content (AvgIpc) is 3.31. The normalized spacial score (nSPS) is 16.7. The number of nitrogens with zero attached hydrogens (tertiary/aromatic N) is 3. The van der Waals surface area contributed by atoms with Crippen molar-refractivity contribution in [2.75, 3.05) is 25.0 Å². The minimum atomic E-state index is -3.74. The molecule has 10 heteroatoms. The molecule has 0 radical (unpaired) electrons. The average molecular weight is 614 g/mol. The van der Waals surface area contributed by atoms with Crippen molar-refractivity contribution in [3.8, 4) is 11.1 Å². The number of carbonyl (C=O) groups excluding carboxylic acids is 2. The van der Waals surface area contributed by atoms with Gasteiger partial charge in [-0.25, -0.2) is 13.2 Å². The third-order valence-corrected chi connectivity index (χ3v) is 10.1. The third-order valence-electron chi connectivity index (χ3n) is 8.53. The second-order valence-corrected chi connectivity index (χ2v) is 13.4. The molecule has 0 bridgehead atoms. The number of benzene rings is 3. The molecule has 2 heterocycles. The Morgan fingerprint density at radius 3 is 2.27 bits per heavy atom. The first-order valence-electron chi connectivity index (χ1n) is 14.9. The van der Waals surface area contributed by atoms with E-state index in [2.05, 4.69) is 42.6 Å². The zero-order valence-electron chi connectivity index (χ0n) is 25.6.